The van der Waals surface area contributed by atoms with Crippen molar-refractivity contribution in [1.29, 1.82) is 0 Å². The Labute approximate surface area is 145 Å². The van der Waals surface area contributed by atoms with Gasteiger partial charge in [-0.3, -0.25) is 19.3 Å². The van der Waals surface area contributed by atoms with Gasteiger partial charge in [0.1, 0.15) is 0 Å². The predicted octanol–water partition coefficient (Wildman–Crippen LogP) is 2.30. The van der Waals surface area contributed by atoms with E-state index in [1.165, 1.54) is 4.90 Å². The highest BCUT2D eigenvalue weighted by atomic mass is 35.5. The molecule has 2 atom stereocenters. The van der Waals surface area contributed by atoms with E-state index >= 15 is 0 Å². The van der Waals surface area contributed by atoms with Crippen LogP contribution in [0, 0.1) is 11.8 Å². The second-order valence-electron chi connectivity index (χ2n) is 6.14. The fourth-order valence-electron chi connectivity index (χ4n) is 3.19. The average Bonchev–Trinajstić information content (AvgIpc) is 2.84. The summed E-state index contributed by atoms with van der Waals surface area (Å²) in [7, 11) is 0. The molecule has 1 aliphatic heterocycles. The maximum Gasteiger partial charge on any atom is 0.233 e. The molecule has 6 heteroatoms. The standard InChI is InChI=1S/C18H19ClN2O3/c19-13-7-5-12(6-8-13)11-20-16(22)9-10-21-17(23)14-3-1-2-4-15(14)18(21)24/h1-2,5-8,14-15H,3-4,9-11H2,(H,20,22)/t14-,15-/m0/s1. The van der Waals surface area contributed by atoms with Crippen molar-refractivity contribution in [2.24, 2.45) is 11.8 Å². The molecule has 0 radical (unpaired) electrons. The molecule has 24 heavy (non-hydrogen) atoms. The van der Waals surface area contributed by atoms with Gasteiger partial charge in [-0.25, -0.2) is 0 Å². The molecular weight excluding hydrogens is 328 g/mol. The minimum absolute atomic E-state index is 0.123. The molecule has 1 fully saturated rings. The van der Waals surface area contributed by atoms with Gasteiger partial charge in [-0.15, -0.1) is 0 Å². The molecular formula is C18H19ClN2O3. The van der Waals surface area contributed by atoms with Gasteiger partial charge in [-0.1, -0.05) is 35.9 Å². The predicted molar refractivity (Wildman–Crippen MR) is 90.0 cm³/mol. The van der Waals surface area contributed by atoms with Crippen molar-refractivity contribution in [2.75, 3.05) is 6.54 Å². The van der Waals surface area contributed by atoms with Crippen LogP contribution in [0.3, 0.4) is 0 Å². The SMILES string of the molecule is O=C(CCN1C(=O)[C@H]2CC=CC[C@@H]2C1=O)NCc1ccc(Cl)cc1. The van der Waals surface area contributed by atoms with Crippen molar-refractivity contribution in [2.45, 2.75) is 25.8 Å². The summed E-state index contributed by atoms with van der Waals surface area (Å²) in [6.07, 6.45) is 5.27. The maximum absolute atomic E-state index is 12.3. The number of hydrogen-bond acceptors (Lipinski definition) is 3. The molecule has 1 N–H and O–H groups in total. The summed E-state index contributed by atoms with van der Waals surface area (Å²) in [5.41, 5.74) is 0.943. The molecule has 0 aromatic heterocycles. The van der Waals surface area contributed by atoms with Gasteiger partial charge in [0, 0.05) is 24.5 Å². The van der Waals surface area contributed by atoms with E-state index in [0.29, 0.717) is 24.4 Å². The molecule has 0 bridgehead atoms. The van der Waals surface area contributed by atoms with Crippen LogP contribution in [0.25, 0.3) is 0 Å². The van der Waals surface area contributed by atoms with E-state index < -0.39 is 0 Å². The summed E-state index contributed by atoms with van der Waals surface area (Å²) >= 11 is 5.81. The smallest absolute Gasteiger partial charge is 0.233 e. The van der Waals surface area contributed by atoms with Crippen LogP contribution in [0.4, 0.5) is 0 Å². The van der Waals surface area contributed by atoms with Gasteiger partial charge >= 0.3 is 0 Å². The lowest BCUT2D eigenvalue weighted by Gasteiger charge is -2.14. The Morgan fingerprint density at radius 1 is 1.08 bits per heavy atom. The Balaban J connectivity index is 1.48. The summed E-state index contributed by atoms with van der Waals surface area (Å²) in [6.45, 7) is 0.546. The summed E-state index contributed by atoms with van der Waals surface area (Å²) < 4.78 is 0. The van der Waals surface area contributed by atoms with Crippen molar-refractivity contribution in [1.82, 2.24) is 10.2 Å². The molecule has 126 valence electrons. The molecule has 1 heterocycles. The molecule has 1 aromatic rings. The summed E-state index contributed by atoms with van der Waals surface area (Å²) in [5.74, 6) is -0.933. The van der Waals surface area contributed by atoms with Gasteiger partial charge in [0.25, 0.3) is 0 Å². The number of likely N-dealkylation sites (tertiary alicyclic amines) is 1. The van der Waals surface area contributed by atoms with Crippen LogP contribution < -0.4 is 5.32 Å². The number of rotatable bonds is 5. The molecule has 1 aliphatic carbocycles. The number of fused-ring (bicyclic) bond motifs is 1. The number of hydrogen-bond donors (Lipinski definition) is 1. The van der Waals surface area contributed by atoms with Gasteiger partial charge in [0.15, 0.2) is 0 Å². The van der Waals surface area contributed by atoms with Crippen molar-refractivity contribution >= 4 is 29.3 Å². The van der Waals surface area contributed by atoms with Gasteiger partial charge in [0.05, 0.1) is 11.8 Å². The fraction of sp³-hybridized carbons (Fsp3) is 0.389. The van der Waals surface area contributed by atoms with Crippen LogP contribution in [0.2, 0.25) is 5.02 Å². The van der Waals surface area contributed by atoms with Crippen molar-refractivity contribution in [3.05, 3.63) is 47.0 Å². The van der Waals surface area contributed by atoms with Crippen molar-refractivity contribution in [3.8, 4) is 0 Å². The normalized spacial score (nSPS) is 22.6. The zero-order valence-corrected chi connectivity index (χ0v) is 14.0. The summed E-state index contributed by atoms with van der Waals surface area (Å²) in [6, 6.07) is 7.21. The number of imide groups is 1. The van der Waals surface area contributed by atoms with E-state index in [9.17, 15) is 14.4 Å². The van der Waals surface area contributed by atoms with Crippen LogP contribution in [0.15, 0.2) is 36.4 Å². The first-order chi connectivity index (χ1) is 11.6. The van der Waals surface area contributed by atoms with Crippen LogP contribution >= 0.6 is 11.6 Å². The van der Waals surface area contributed by atoms with E-state index in [2.05, 4.69) is 5.32 Å². The number of benzene rings is 1. The molecule has 2 aliphatic rings. The topological polar surface area (TPSA) is 66.5 Å². The second-order valence-corrected chi connectivity index (χ2v) is 6.57. The molecule has 0 spiro atoms. The lowest BCUT2D eigenvalue weighted by molar-refractivity contribution is -0.140. The van der Waals surface area contributed by atoms with Gasteiger partial charge in [-0.05, 0) is 30.5 Å². The summed E-state index contributed by atoms with van der Waals surface area (Å²) in [4.78, 5) is 37.8. The molecule has 1 saturated heterocycles. The fourth-order valence-corrected chi connectivity index (χ4v) is 3.32. The highest BCUT2D eigenvalue weighted by molar-refractivity contribution is 6.30. The Morgan fingerprint density at radius 2 is 1.67 bits per heavy atom. The molecule has 3 rings (SSSR count). The molecule has 3 amide bonds. The summed E-state index contributed by atoms with van der Waals surface area (Å²) in [5, 5.41) is 3.44. The van der Waals surface area contributed by atoms with Gasteiger partial charge < -0.3 is 5.32 Å². The quantitative estimate of drug-likeness (QED) is 0.657. The highest BCUT2D eigenvalue weighted by Crippen LogP contribution is 2.34. The van der Waals surface area contributed by atoms with Crippen LogP contribution in [0.1, 0.15) is 24.8 Å². The Kier molecular flexibility index (Phi) is 5.00. The maximum atomic E-state index is 12.3. The van der Waals surface area contributed by atoms with Crippen molar-refractivity contribution in [3.63, 3.8) is 0 Å². The molecule has 0 unspecified atom stereocenters. The third-order valence-corrected chi connectivity index (χ3v) is 4.82. The number of allylic oxidation sites excluding steroid dienone is 2. The van der Waals surface area contributed by atoms with Crippen LogP contribution in [-0.2, 0) is 20.9 Å². The zero-order chi connectivity index (χ0) is 17.1. The number of halogens is 1. The first-order valence-corrected chi connectivity index (χ1v) is 8.45. The van der Waals surface area contributed by atoms with E-state index in [1.807, 2.05) is 24.3 Å². The zero-order valence-electron chi connectivity index (χ0n) is 13.2. The number of nitrogens with zero attached hydrogens (tertiary/aromatic N) is 1. The average molecular weight is 347 g/mol. The van der Waals surface area contributed by atoms with Crippen LogP contribution in [-0.4, -0.2) is 29.2 Å². The minimum Gasteiger partial charge on any atom is -0.352 e. The number of carbonyl (C=O) groups excluding carboxylic acids is 3. The molecule has 0 saturated carbocycles. The third kappa shape index (κ3) is 3.51. The number of carbonyl (C=O) groups is 3. The first kappa shape index (κ1) is 16.7. The highest BCUT2D eigenvalue weighted by Gasteiger charge is 2.46. The third-order valence-electron chi connectivity index (χ3n) is 4.56. The number of amides is 3. The first-order valence-electron chi connectivity index (χ1n) is 8.07. The lowest BCUT2D eigenvalue weighted by atomic mass is 9.85. The Bertz CT molecular complexity index is 658. The molecule has 5 nitrogen and oxygen atoms in total. The van der Waals surface area contributed by atoms with E-state index in [1.54, 1.807) is 12.1 Å². The minimum atomic E-state index is -0.236. The van der Waals surface area contributed by atoms with Gasteiger partial charge in [-0.2, -0.15) is 0 Å². The van der Waals surface area contributed by atoms with E-state index in [4.69, 9.17) is 11.6 Å². The Morgan fingerprint density at radius 3 is 2.25 bits per heavy atom. The monoisotopic (exact) mass is 346 g/mol. The van der Waals surface area contributed by atoms with Crippen LogP contribution in [0.5, 0.6) is 0 Å². The largest absolute Gasteiger partial charge is 0.352 e. The van der Waals surface area contributed by atoms with E-state index in [0.717, 1.165) is 5.56 Å². The van der Waals surface area contributed by atoms with Gasteiger partial charge in [0.2, 0.25) is 17.7 Å². The lowest BCUT2D eigenvalue weighted by Crippen LogP contribution is -2.35. The second kappa shape index (κ2) is 7.18. The Hall–Kier alpha value is -2.14. The molecule has 1 aromatic carbocycles. The van der Waals surface area contributed by atoms with Crippen molar-refractivity contribution < 1.29 is 14.4 Å². The van der Waals surface area contributed by atoms with E-state index in [-0.39, 0.29) is 42.5 Å². The number of nitrogens with one attached hydrogen (secondary N) is 1.